The standard InChI is InChI=1S/C7H5FO2S/c8-4-5(9)7(10)6-2-1-3-11-6/h1-3H,4H2. The van der Waals surface area contributed by atoms with E-state index in [0.717, 1.165) is 11.3 Å². The van der Waals surface area contributed by atoms with Crippen LogP contribution in [0.4, 0.5) is 4.39 Å². The van der Waals surface area contributed by atoms with Crippen molar-refractivity contribution in [1.82, 2.24) is 0 Å². The second kappa shape index (κ2) is 3.39. The first-order valence-corrected chi connectivity index (χ1v) is 3.80. The molecule has 0 aliphatic rings. The van der Waals surface area contributed by atoms with Gasteiger partial charge in [0.25, 0.3) is 0 Å². The van der Waals surface area contributed by atoms with Crippen LogP contribution in [0, 0.1) is 0 Å². The average molecular weight is 172 g/mol. The first-order chi connectivity index (χ1) is 5.25. The molecule has 2 nitrogen and oxygen atoms in total. The number of ketones is 2. The molecule has 0 spiro atoms. The fourth-order valence-electron chi connectivity index (χ4n) is 0.606. The van der Waals surface area contributed by atoms with E-state index in [-0.39, 0.29) is 0 Å². The van der Waals surface area contributed by atoms with Crippen molar-refractivity contribution >= 4 is 22.9 Å². The molecule has 0 saturated carbocycles. The Morgan fingerprint density at radius 1 is 1.55 bits per heavy atom. The molecule has 1 aromatic heterocycles. The molecule has 0 radical (unpaired) electrons. The van der Waals surface area contributed by atoms with Crippen molar-refractivity contribution < 1.29 is 14.0 Å². The first-order valence-electron chi connectivity index (χ1n) is 2.92. The Morgan fingerprint density at radius 3 is 2.73 bits per heavy atom. The molecule has 0 atom stereocenters. The summed E-state index contributed by atoms with van der Waals surface area (Å²) >= 11 is 1.14. The molecule has 58 valence electrons. The molecule has 0 aliphatic heterocycles. The van der Waals surface area contributed by atoms with Gasteiger partial charge in [0.1, 0.15) is 0 Å². The van der Waals surface area contributed by atoms with Gasteiger partial charge in [0.15, 0.2) is 6.67 Å². The predicted molar refractivity (Wildman–Crippen MR) is 39.6 cm³/mol. The fraction of sp³-hybridized carbons (Fsp3) is 0.143. The van der Waals surface area contributed by atoms with Gasteiger partial charge in [-0.25, -0.2) is 4.39 Å². The van der Waals surface area contributed by atoms with Crippen LogP contribution in [0.25, 0.3) is 0 Å². The molecule has 0 unspecified atom stereocenters. The van der Waals surface area contributed by atoms with Crippen molar-refractivity contribution in [2.24, 2.45) is 0 Å². The molecule has 1 rings (SSSR count). The quantitative estimate of drug-likeness (QED) is 0.511. The highest BCUT2D eigenvalue weighted by Crippen LogP contribution is 2.09. The van der Waals surface area contributed by atoms with E-state index < -0.39 is 18.2 Å². The van der Waals surface area contributed by atoms with Crippen molar-refractivity contribution in [1.29, 1.82) is 0 Å². The minimum Gasteiger partial charge on any atom is -0.287 e. The molecular weight excluding hydrogens is 167 g/mol. The highest BCUT2D eigenvalue weighted by atomic mass is 32.1. The Bertz CT molecular complexity index is 266. The van der Waals surface area contributed by atoms with Crippen LogP contribution in [0.1, 0.15) is 9.67 Å². The molecule has 1 heterocycles. The van der Waals surface area contributed by atoms with Gasteiger partial charge < -0.3 is 0 Å². The van der Waals surface area contributed by atoms with Gasteiger partial charge in [-0.15, -0.1) is 11.3 Å². The summed E-state index contributed by atoms with van der Waals surface area (Å²) in [6, 6.07) is 3.14. The van der Waals surface area contributed by atoms with E-state index in [1.807, 2.05) is 0 Å². The predicted octanol–water partition coefficient (Wildman–Crippen LogP) is 1.47. The third-order valence-corrected chi connectivity index (χ3v) is 1.99. The Hall–Kier alpha value is -1.03. The molecule has 0 bridgehead atoms. The van der Waals surface area contributed by atoms with Crippen LogP contribution in [0.5, 0.6) is 0 Å². The van der Waals surface area contributed by atoms with Crippen LogP contribution in [0.3, 0.4) is 0 Å². The first kappa shape index (κ1) is 8.07. The zero-order valence-electron chi connectivity index (χ0n) is 5.54. The molecule has 0 aromatic carbocycles. The number of alkyl halides is 1. The molecule has 0 N–H and O–H groups in total. The summed E-state index contributed by atoms with van der Waals surface area (Å²) in [7, 11) is 0. The number of hydrogen-bond acceptors (Lipinski definition) is 3. The summed E-state index contributed by atoms with van der Waals surface area (Å²) in [4.78, 5) is 21.6. The smallest absolute Gasteiger partial charge is 0.241 e. The van der Waals surface area contributed by atoms with Gasteiger partial charge in [-0.05, 0) is 11.4 Å². The molecule has 4 heteroatoms. The summed E-state index contributed by atoms with van der Waals surface area (Å²) in [5.74, 6) is -1.71. The zero-order valence-corrected chi connectivity index (χ0v) is 6.36. The Labute approximate surface area is 66.7 Å². The van der Waals surface area contributed by atoms with E-state index in [2.05, 4.69) is 0 Å². The monoisotopic (exact) mass is 172 g/mol. The van der Waals surface area contributed by atoms with Gasteiger partial charge in [-0.2, -0.15) is 0 Å². The number of rotatable bonds is 3. The number of carbonyl (C=O) groups is 2. The van der Waals surface area contributed by atoms with Crippen molar-refractivity contribution in [3.8, 4) is 0 Å². The van der Waals surface area contributed by atoms with Gasteiger partial charge in [-0.3, -0.25) is 9.59 Å². The molecule has 1 aromatic rings. The topological polar surface area (TPSA) is 34.1 Å². The van der Waals surface area contributed by atoms with E-state index >= 15 is 0 Å². The largest absolute Gasteiger partial charge is 0.287 e. The van der Waals surface area contributed by atoms with Crippen LogP contribution in [-0.2, 0) is 4.79 Å². The Balaban J connectivity index is 2.79. The van der Waals surface area contributed by atoms with Crippen molar-refractivity contribution in [3.05, 3.63) is 22.4 Å². The maximum absolute atomic E-state index is 11.7. The summed E-state index contributed by atoms with van der Waals surface area (Å²) in [6.07, 6.45) is 0. The van der Waals surface area contributed by atoms with Crippen LogP contribution < -0.4 is 0 Å². The second-order valence-corrected chi connectivity index (χ2v) is 2.81. The van der Waals surface area contributed by atoms with E-state index in [9.17, 15) is 14.0 Å². The van der Waals surface area contributed by atoms with Crippen LogP contribution in [-0.4, -0.2) is 18.2 Å². The highest BCUT2D eigenvalue weighted by Gasteiger charge is 2.15. The minimum atomic E-state index is -1.21. The minimum absolute atomic E-state index is 0.299. The molecule has 0 fully saturated rings. The lowest BCUT2D eigenvalue weighted by Gasteiger charge is -1.88. The lowest BCUT2D eigenvalue weighted by atomic mass is 10.2. The number of carbonyl (C=O) groups excluding carboxylic acids is 2. The Kier molecular flexibility index (Phi) is 2.48. The van der Waals surface area contributed by atoms with Crippen LogP contribution >= 0.6 is 11.3 Å². The van der Waals surface area contributed by atoms with Crippen LogP contribution in [0.2, 0.25) is 0 Å². The summed E-state index contributed by atoms with van der Waals surface area (Å²) in [5, 5.41) is 1.67. The van der Waals surface area contributed by atoms with Gasteiger partial charge in [0.05, 0.1) is 4.88 Å². The van der Waals surface area contributed by atoms with Crippen molar-refractivity contribution in [2.45, 2.75) is 0 Å². The lowest BCUT2D eigenvalue weighted by molar-refractivity contribution is -0.115. The summed E-state index contributed by atoms with van der Waals surface area (Å²) in [6.45, 7) is -1.21. The maximum Gasteiger partial charge on any atom is 0.241 e. The average Bonchev–Trinajstić information content (AvgIpc) is 2.53. The Morgan fingerprint density at radius 2 is 2.27 bits per heavy atom. The summed E-state index contributed by atoms with van der Waals surface area (Å²) < 4.78 is 11.7. The van der Waals surface area contributed by atoms with Crippen LogP contribution in [0.15, 0.2) is 17.5 Å². The highest BCUT2D eigenvalue weighted by molar-refractivity contribution is 7.13. The third kappa shape index (κ3) is 1.71. The molecule has 0 aliphatic carbocycles. The molecule has 11 heavy (non-hydrogen) atoms. The van der Waals surface area contributed by atoms with Crippen molar-refractivity contribution in [3.63, 3.8) is 0 Å². The number of hydrogen-bond donors (Lipinski definition) is 0. The van der Waals surface area contributed by atoms with Gasteiger partial charge in [0, 0.05) is 0 Å². The number of Topliss-reactive ketones (excluding diaryl/α,β-unsaturated/α-hetero) is 2. The SMILES string of the molecule is O=C(CF)C(=O)c1cccs1. The number of halogens is 1. The van der Waals surface area contributed by atoms with Gasteiger partial charge in [-0.1, -0.05) is 6.07 Å². The van der Waals surface area contributed by atoms with E-state index in [0.29, 0.717) is 4.88 Å². The van der Waals surface area contributed by atoms with Gasteiger partial charge in [0.2, 0.25) is 11.6 Å². The van der Waals surface area contributed by atoms with E-state index in [1.54, 1.807) is 11.4 Å². The molecule has 0 amide bonds. The van der Waals surface area contributed by atoms with Gasteiger partial charge >= 0.3 is 0 Å². The van der Waals surface area contributed by atoms with E-state index in [1.165, 1.54) is 6.07 Å². The second-order valence-electron chi connectivity index (χ2n) is 1.86. The van der Waals surface area contributed by atoms with E-state index in [4.69, 9.17) is 0 Å². The summed E-state index contributed by atoms with van der Waals surface area (Å²) in [5.41, 5.74) is 0. The maximum atomic E-state index is 11.7. The van der Waals surface area contributed by atoms with Crippen molar-refractivity contribution in [2.75, 3.05) is 6.67 Å². The third-order valence-electron chi connectivity index (χ3n) is 1.12. The molecular formula is C7H5FO2S. The molecule has 0 saturated heterocycles. The normalized spacial score (nSPS) is 9.55. The lowest BCUT2D eigenvalue weighted by Crippen LogP contribution is -2.14. The fourth-order valence-corrected chi connectivity index (χ4v) is 1.29. The number of thiophene rings is 1. The zero-order chi connectivity index (χ0) is 8.27.